The van der Waals surface area contributed by atoms with Crippen molar-refractivity contribution < 1.29 is 18.7 Å². The van der Waals surface area contributed by atoms with Gasteiger partial charge in [-0.3, -0.25) is 9.36 Å². The molecule has 38 heavy (non-hydrogen) atoms. The third kappa shape index (κ3) is 5.13. The number of hydrogen-bond donors (Lipinski definition) is 0. The van der Waals surface area contributed by atoms with E-state index in [4.69, 9.17) is 37.1 Å². The number of carbonyl (C=O) groups excluding carboxylic acids is 1. The molecule has 4 aromatic rings. The highest BCUT2D eigenvalue weighted by Gasteiger charge is 2.34. The Hall–Kier alpha value is -3.43. The van der Waals surface area contributed by atoms with E-state index in [0.29, 0.717) is 42.2 Å². The number of rotatable bonds is 7. The van der Waals surface area contributed by atoms with E-state index >= 15 is 0 Å². The van der Waals surface area contributed by atoms with E-state index in [0.717, 1.165) is 5.56 Å². The van der Waals surface area contributed by atoms with Crippen molar-refractivity contribution in [3.63, 3.8) is 0 Å². The van der Waals surface area contributed by atoms with Crippen LogP contribution in [0.25, 0.3) is 17.4 Å². The van der Waals surface area contributed by atoms with E-state index < -0.39 is 12.0 Å². The average Bonchev–Trinajstić information content (AvgIpc) is 3.48. The smallest absolute Gasteiger partial charge is 0.338 e. The number of carbonyl (C=O) groups is 1. The predicted octanol–water partition coefficient (Wildman–Crippen LogP) is 4.99. The van der Waals surface area contributed by atoms with Gasteiger partial charge >= 0.3 is 5.97 Å². The normalized spacial score (nSPS) is 15.4. The molecule has 194 valence electrons. The summed E-state index contributed by atoms with van der Waals surface area (Å²) in [6, 6.07) is 17.2. The first-order valence-electron chi connectivity index (χ1n) is 11.7. The molecule has 10 heteroatoms. The molecule has 0 radical (unpaired) electrons. The summed E-state index contributed by atoms with van der Waals surface area (Å²) in [5.74, 6) is 0.567. The molecule has 0 amide bonds. The molecule has 0 bridgehead atoms. The van der Waals surface area contributed by atoms with Crippen LogP contribution in [0.1, 0.15) is 24.3 Å². The number of methoxy groups -OCH3 is 1. The molecule has 1 atom stereocenters. The van der Waals surface area contributed by atoms with E-state index in [2.05, 4.69) is 4.99 Å². The minimum atomic E-state index is -0.807. The molecular weight excluding hydrogens is 547 g/mol. The van der Waals surface area contributed by atoms with Crippen LogP contribution in [-0.4, -0.2) is 30.9 Å². The van der Waals surface area contributed by atoms with Gasteiger partial charge in [0.25, 0.3) is 5.56 Å². The highest BCUT2D eigenvalue weighted by Crippen LogP contribution is 2.34. The Morgan fingerprint density at radius 2 is 1.87 bits per heavy atom. The number of nitrogens with zero attached hydrogens (tertiary/aromatic N) is 2. The first-order chi connectivity index (χ1) is 18.4. The molecule has 0 aliphatic carbocycles. The molecule has 7 nitrogen and oxygen atoms in total. The topological polar surface area (TPSA) is 83.0 Å². The number of aromatic nitrogens is 1. The second-order valence-corrected chi connectivity index (χ2v) is 10.3. The Kier molecular flexibility index (Phi) is 7.67. The Morgan fingerprint density at radius 1 is 1.11 bits per heavy atom. The third-order valence-corrected chi connectivity index (χ3v) is 7.57. The van der Waals surface area contributed by atoms with Gasteiger partial charge in [0.2, 0.25) is 0 Å². The van der Waals surface area contributed by atoms with Crippen molar-refractivity contribution in [2.24, 2.45) is 4.99 Å². The number of fused-ring (bicyclic) bond motifs is 1. The van der Waals surface area contributed by atoms with Gasteiger partial charge in [-0.25, -0.2) is 9.79 Å². The highest BCUT2D eigenvalue weighted by atomic mass is 35.5. The van der Waals surface area contributed by atoms with Crippen molar-refractivity contribution in [2.75, 3.05) is 20.3 Å². The van der Waals surface area contributed by atoms with Crippen LogP contribution < -0.4 is 14.9 Å². The van der Waals surface area contributed by atoms with Gasteiger partial charge in [0, 0.05) is 28.8 Å². The van der Waals surface area contributed by atoms with Gasteiger partial charge in [0.05, 0.1) is 22.4 Å². The van der Waals surface area contributed by atoms with Crippen LogP contribution in [0, 0.1) is 0 Å². The SMILES string of the molecule is COCCOC(=O)C1=C(C)N=c2s/c(=C/c3ccc(-c4ccc(Cl)cc4)o3)c(=O)n2[C@@H]1c1ccccc1Cl. The molecule has 0 fully saturated rings. The highest BCUT2D eigenvalue weighted by molar-refractivity contribution is 7.07. The van der Waals surface area contributed by atoms with Crippen molar-refractivity contribution in [2.45, 2.75) is 13.0 Å². The predicted molar refractivity (Wildman–Crippen MR) is 147 cm³/mol. The standard InChI is InChI=1S/C28H22Cl2N2O5S/c1-16-24(27(34)36-14-13-35-2)25(20-5-3-4-6-21(20)30)32-26(33)23(38-28(32)31-16)15-19-11-12-22(37-19)17-7-9-18(29)10-8-17/h3-12,15,25H,13-14H2,1-2H3/b23-15+/t25-/m1/s1. The molecule has 1 aliphatic heterocycles. The van der Waals surface area contributed by atoms with E-state index in [9.17, 15) is 9.59 Å². The summed E-state index contributed by atoms with van der Waals surface area (Å²) in [4.78, 5) is 32.0. The largest absolute Gasteiger partial charge is 0.460 e. The number of furan rings is 1. The van der Waals surface area contributed by atoms with Crippen molar-refractivity contribution in [3.8, 4) is 11.3 Å². The molecule has 5 rings (SSSR count). The molecule has 1 aliphatic rings. The summed E-state index contributed by atoms with van der Waals surface area (Å²) in [7, 11) is 1.52. The zero-order valence-corrected chi connectivity index (χ0v) is 22.8. The molecule has 0 N–H and O–H groups in total. The van der Waals surface area contributed by atoms with Crippen LogP contribution in [-0.2, 0) is 14.3 Å². The number of thiazole rings is 1. The molecule has 3 heterocycles. The van der Waals surface area contributed by atoms with Gasteiger partial charge in [-0.1, -0.05) is 52.7 Å². The van der Waals surface area contributed by atoms with Crippen LogP contribution in [0.15, 0.2) is 86.1 Å². The summed E-state index contributed by atoms with van der Waals surface area (Å²) >= 11 is 13.8. The maximum atomic E-state index is 13.8. The lowest BCUT2D eigenvalue weighted by Crippen LogP contribution is -2.40. The number of hydrogen-bond acceptors (Lipinski definition) is 7. The number of esters is 1. The molecular formula is C28H22Cl2N2O5S. The lowest BCUT2D eigenvalue weighted by atomic mass is 9.96. The van der Waals surface area contributed by atoms with Gasteiger partial charge in [0.1, 0.15) is 24.2 Å². The molecule has 2 aromatic carbocycles. The first-order valence-corrected chi connectivity index (χ1v) is 13.2. The molecule has 0 unspecified atom stereocenters. The van der Waals surface area contributed by atoms with Gasteiger partial charge in [0.15, 0.2) is 4.80 Å². The number of benzene rings is 2. The molecule has 2 aromatic heterocycles. The fourth-order valence-corrected chi connectivity index (χ4v) is 5.59. The fraction of sp³-hybridized carbons (Fsp3) is 0.179. The van der Waals surface area contributed by atoms with Gasteiger partial charge in [-0.15, -0.1) is 0 Å². The summed E-state index contributed by atoms with van der Waals surface area (Å²) in [6.45, 7) is 2.04. The minimum Gasteiger partial charge on any atom is -0.460 e. The van der Waals surface area contributed by atoms with E-state index in [1.54, 1.807) is 55.5 Å². The van der Waals surface area contributed by atoms with E-state index in [-0.39, 0.29) is 24.3 Å². The molecule has 0 saturated heterocycles. The lowest BCUT2D eigenvalue weighted by Gasteiger charge is -2.25. The van der Waals surface area contributed by atoms with E-state index in [1.807, 2.05) is 18.2 Å². The van der Waals surface area contributed by atoms with E-state index in [1.165, 1.54) is 23.0 Å². The summed E-state index contributed by atoms with van der Waals surface area (Å²) in [5.41, 5.74) is 1.83. The van der Waals surface area contributed by atoms with Crippen LogP contribution in [0.4, 0.5) is 0 Å². The Bertz CT molecular complexity index is 1720. The van der Waals surface area contributed by atoms with Crippen LogP contribution >= 0.6 is 34.5 Å². The number of ether oxygens (including phenoxy) is 2. The number of halogens is 2. The van der Waals surface area contributed by atoms with Crippen molar-refractivity contribution >= 4 is 46.6 Å². The Morgan fingerprint density at radius 3 is 2.61 bits per heavy atom. The zero-order valence-electron chi connectivity index (χ0n) is 20.4. The fourth-order valence-electron chi connectivity index (χ4n) is 4.20. The quantitative estimate of drug-likeness (QED) is 0.231. The van der Waals surface area contributed by atoms with Crippen molar-refractivity contribution in [1.29, 1.82) is 0 Å². The lowest BCUT2D eigenvalue weighted by molar-refractivity contribution is -0.140. The van der Waals surface area contributed by atoms with Crippen molar-refractivity contribution in [1.82, 2.24) is 4.57 Å². The van der Waals surface area contributed by atoms with Crippen molar-refractivity contribution in [3.05, 3.63) is 113 Å². The Balaban J connectivity index is 1.61. The zero-order chi connectivity index (χ0) is 26.8. The molecule has 0 spiro atoms. The third-order valence-electron chi connectivity index (χ3n) is 5.99. The van der Waals surface area contributed by atoms with Gasteiger partial charge in [-0.05, 0) is 55.0 Å². The second-order valence-electron chi connectivity index (χ2n) is 8.44. The summed E-state index contributed by atoms with van der Waals surface area (Å²) in [5, 5.41) is 1.05. The summed E-state index contributed by atoms with van der Waals surface area (Å²) in [6.07, 6.45) is 1.67. The summed E-state index contributed by atoms with van der Waals surface area (Å²) < 4.78 is 18.3. The van der Waals surface area contributed by atoms with Gasteiger partial charge in [-0.2, -0.15) is 0 Å². The average molecular weight is 569 g/mol. The Labute approximate surface area is 231 Å². The first kappa shape index (κ1) is 26.2. The van der Waals surface area contributed by atoms with Crippen LogP contribution in [0.3, 0.4) is 0 Å². The molecule has 0 saturated carbocycles. The monoisotopic (exact) mass is 568 g/mol. The van der Waals surface area contributed by atoms with Crippen LogP contribution in [0.2, 0.25) is 10.0 Å². The maximum Gasteiger partial charge on any atom is 0.338 e. The maximum absolute atomic E-state index is 13.8. The second kappa shape index (κ2) is 11.1. The van der Waals surface area contributed by atoms with Crippen LogP contribution in [0.5, 0.6) is 0 Å². The van der Waals surface area contributed by atoms with Gasteiger partial charge < -0.3 is 13.9 Å². The number of allylic oxidation sites excluding steroid dienone is 1. The minimum absolute atomic E-state index is 0.0697.